The van der Waals surface area contributed by atoms with Gasteiger partial charge in [-0.05, 0) is 57.2 Å². The van der Waals surface area contributed by atoms with Crippen molar-refractivity contribution in [2.75, 3.05) is 20.1 Å². The first-order valence-electron chi connectivity index (χ1n) is 8.25. The van der Waals surface area contributed by atoms with Gasteiger partial charge in [-0.25, -0.2) is 4.98 Å². The lowest BCUT2D eigenvalue weighted by Gasteiger charge is -2.27. The number of likely N-dealkylation sites (tertiary alicyclic amines) is 1. The van der Waals surface area contributed by atoms with E-state index in [-0.39, 0.29) is 23.9 Å². The van der Waals surface area contributed by atoms with Crippen molar-refractivity contribution in [3.8, 4) is 0 Å². The molecular formula is C19H21N3O2. The third-order valence-electron chi connectivity index (χ3n) is 4.49. The molecule has 0 radical (unpaired) electrons. The van der Waals surface area contributed by atoms with E-state index < -0.39 is 0 Å². The third kappa shape index (κ3) is 3.92. The van der Waals surface area contributed by atoms with Gasteiger partial charge in [-0.2, -0.15) is 0 Å². The van der Waals surface area contributed by atoms with Gasteiger partial charge in [-0.15, -0.1) is 0 Å². The first-order valence-corrected chi connectivity index (χ1v) is 8.25. The molecule has 24 heavy (non-hydrogen) atoms. The van der Waals surface area contributed by atoms with E-state index in [1.165, 1.54) is 0 Å². The van der Waals surface area contributed by atoms with Crippen molar-refractivity contribution in [2.24, 2.45) is 5.92 Å². The van der Waals surface area contributed by atoms with Gasteiger partial charge in [0.15, 0.2) is 11.6 Å². The molecule has 0 aromatic carbocycles. The maximum absolute atomic E-state index is 12.6. The SMILES string of the molecule is CN1CCC(C(=O)c2cccc(CC(=O)c3ccncc3)n2)CC1. The van der Waals surface area contributed by atoms with Gasteiger partial charge in [0.2, 0.25) is 0 Å². The largest absolute Gasteiger partial charge is 0.306 e. The highest BCUT2D eigenvalue weighted by Crippen LogP contribution is 2.20. The summed E-state index contributed by atoms with van der Waals surface area (Å²) in [5.41, 5.74) is 1.72. The molecule has 0 atom stereocenters. The van der Waals surface area contributed by atoms with E-state index in [0.29, 0.717) is 17.0 Å². The first-order chi connectivity index (χ1) is 11.6. The Kier molecular flexibility index (Phi) is 5.11. The van der Waals surface area contributed by atoms with Crippen LogP contribution in [-0.2, 0) is 6.42 Å². The lowest BCUT2D eigenvalue weighted by atomic mass is 9.91. The van der Waals surface area contributed by atoms with Crippen molar-refractivity contribution in [1.29, 1.82) is 0 Å². The van der Waals surface area contributed by atoms with Crippen LogP contribution in [-0.4, -0.2) is 46.6 Å². The molecule has 2 aromatic heterocycles. The van der Waals surface area contributed by atoms with E-state index in [9.17, 15) is 9.59 Å². The van der Waals surface area contributed by atoms with Gasteiger partial charge in [0, 0.05) is 29.6 Å². The van der Waals surface area contributed by atoms with Crippen LogP contribution >= 0.6 is 0 Å². The molecular weight excluding hydrogens is 302 g/mol. The Morgan fingerprint density at radius 2 is 1.83 bits per heavy atom. The van der Waals surface area contributed by atoms with Crippen molar-refractivity contribution in [3.63, 3.8) is 0 Å². The summed E-state index contributed by atoms with van der Waals surface area (Å²) in [5, 5.41) is 0. The van der Waals surface area contributed by atoms with Crippen LogP contribution < -0.4 is 0 Å². The van der Waals surface area contributed by atoms with Crippen molar-refractivity contribution >= 4 is 11.6 Å². The van der Waals surface area contributed by atoms with Gasteiger partial charge in [0.05, 0.1) is 6.42 Å². The van der Waals surface area contributed by atoms with Gasteiger partial charge in [0.1, 0.15) is 5.69 Å². The lowest BCUT2D eigenvalue weighted by Crippen LogP contribution is -2.33. The van der Waals surface area contributed by atoms with E-state index in [0.717, 1.165) is 25.9 Å². The van der Waals surface area contributed by atoms with Crippen LogP contribution in [0.25, 0.3) is 0 Å². The summed E-state index contributed by atoms with van der Waals surface area (Å²) >= 11 is 0. The maximum Gasteiger partial charge on any atom is 0.184 e. The van der Waals surface area contributed by atoms with Crippen LogP contribution in [0.5, 0.6) is 0 Å². The van der Waals surface area contributed by atoms with Crippen LogP contribution in [0.2, 0.25) is 0 Å². The van der Waals surface area contributed by atoms with Crippen LogP contribution in [0.3, 0.4) is 0 Å². The molecule has 3 rings (SSSR count). The molecule has 0 saturated carbocycles. The van der Waals surface area contributed by atoms with Gasteiger partial charge in [-0.3, -0.25) is 14.6 Å². The second-order valence-corrected chi connectivity index (χ2v) is 6.29. The molecule has 0 aliphatic carbocycles. The van der Waals surface area contributed by atoms with Gasteiger partial charge >= 0.3 is 0 Å². The number of aromatic nitrogens is 2. The molecule has 0 N–H and O–H groups in total. The number of nitrogens with zero attached hydrogens (tertiary/aromatic N) is 3. The minimum Gasteiger partial charge on any atom is -0.306 e. The number of Topliss-reactive ketones (excluding diaryl/α,β-unsaturated/α-hetero) is 2. The Morgan fingerprint density at radius 1 is 1.12 bits per heavy atom. The number of rotatable bonds is 5. The fourth-order valence-corrected chi connectivity index (χ4v) is 3.00. The third-order valence-corrected chi connectivity index (χ3v) is 4.49. The zero-order chi connectivity index (χ0) is 16.9. The second-order valence-electron chi connectivity index (χ2n) is 6.29. The van der Waals surface area contributed by atoms with Crippen molar-refractivity contribution in [2.45, 2.75) is 19.3 Å². The molecule has 3 heterocycles. The number of piperidine rings is 1. The molecule has 0 unspecified atom stereocenters. The molecule has 1 aliphatic rings. The Labute approximate surface area is 141 Å². The lowest BCUT2D eigenvalue weighted by molar-refractivity contribution is 0.0850. The Balaban J connectivity index is 1.70. The quantitative estimate of drug-likeness (QED) is 0.791. The predicted octanol–water partition coefficient (Wildman–Crippen LogP) is 2.43. The molecule has 5 nitrogen and oxygen atoms in total. The molecule has 0 spiro atoms. The minimum atomic E-state index is -0.0196. The van der Waals surface area contributed by atoms with Gasteiger partial charge < -0.3 is 4.90 Å². The molecule has 0 amide bonds. The highest BCUT2D eigenvalue weighted by Gasteiger charge is 2.25. The number of ketones is 2. The molecule has 124 valence electrons. The predicted molar refractivity (Wildman–Crippen MR) is 91.1 cm³/mol. The number of pyridine rings is 2. The van der Waals surface area contributed by atoms with E-state index in [2.05, 4.69) is 21.9 Å². The molecule has 5 heteroatoms. The normalized spacial score (nSPS) is 16.0. The van der Waals surface area contributed by atoms with E-state index in [1.54, 1.807) is 36.7 Å². The zero-order valence-corrected chi connectivity index (χ0v) is 13.8. The Bertz CT molecular complexity index is 722. The van der Waals surface area contributed by atoms with Gasteiger partial charge in [0.25, 0.3) is 0 Å². The van der Waals surface area contributed by atoms with Crippen LogP contribution in [0.15, 0.2) is 42.7 Å². The van der Waals surface area contributed by atoms with E-state index >= 15 is 0 Å². The zero-order valence-electron chi connectivity index (χ0n) is 13.8. The summed E-state index contributed by atoms with van der Waals surface area (Å²) < 4.78 is 0. The van der Waals surface area contributed by atoms with Crippen molar-refractivity contribution in [1.82, 2.24) is 14.9 Å². The Hall–Kier alpha value is -2.40. The number of carbonyl (C=O) groups is 2. The summed E-state index contributed by atoms with van der Waals surface area (Å²) in [5.74, 6) is 0.120. The monoisotopic (exact) mass is 323 g/mol. The summed E-state index contributed by atoms with van der Waals surface area (Å²) in [7, 11) is 2.07. The number of carbonyl (C=O) groups excluding carboxylic acids is 2. The summed E-state index contributed by atoms with van der Waals surface area (Å²) in [6.45, 7) is 1.88. The summed E-state index contributed by atoms with van der Waals surface area (Å²) in [4.78, 5) is 35.5. The van der Waals surface area contributed by atoms with E-state index in [1.807, 2.05) is 6.07 Å². The summed E-state index contributed by atoms with van der Waals surface area (Å²) in [6.07, 6.45) is 5.13. The molecule has 1 fully saturated rings. The van der Waals surface area contributed by atoms with Crippen molar-refractivity contribution < 1.29 is 9.59 Å². The van der Waals surface area contributed by atoms with Crippen molar-refractivity contribution in [3.05, 3.63) is 59.7 Å². The van der Waals surface area contributed by atoms with Crippen LogP contribution in [0, 0.1) is 5.92 Å². The fourth-order valence-electron chi connectivity index (χ4n) is 3.00. The first kappa shape index (κ1) is 16.5. The average molecular weight is 323 g/mol. The highest BCUT2D eigenvalue weighted by molar-refractivity contribution is 5.98. The molecule has 0 bridgehead atoms. The second kappa shape index (κ2) is 7.45. The van der Waals surface area contributed by atoms with Crippen LogP contribution in [0.1, 0.15) is 39.4 Å². The van der Waals surface area contributed by atoms with E-state index in [4.69, 9.17) is 0 Å². The molecule has 1 saturated heterocycles. The standard InChI is InChI=1S/C19H21N3O2/c1-22-11-7-15(8-12-22)19(24)17-4-2-3-16(21-17)13-18(23)14-5-9-20-10-6-14/h2-6,9-10,15H,7-8,11-13H2,1H3. The Morgan fingerprint density at radius 3 is 2.54 bits per heavy atom. The number of hydrogen-bond donors (Lipinski definition) is 0. The smallest absolute Gasteiger partial charge is 0.184 e. The maximum atomic E-state index is 12.6. The number of hydrogen-bond acceptors (Lipinski definition) is 5. The molecule has 1 aliphatic heterocycles. The summed E-state index contributed by atoms with van der Waals surface area (Å²) in [6, 6.07) is 8.74. The molecule has 2 aromatic rings. The average Bonchev–Trinajstić information content (AvgIpc) is 2.63. The fraction of sp³-hybridized carbons (Fsp3) is 0.368. The van der Waals surface area contributed by atoms with Crippen LogP contribution in [0.4, 0.5) is 0 Å². The highest BCUT2D eigenvalue weighted by atomic mass is 16.1. The van der Waals surface area contributed by atoms with Gasteiger partial charge in [-0.1, -0.05) is 6.07 Å². The topological polar surface area (TPSA) is 63.2 Å². The minimum absolute atomic E-state index is 0.0196.